The van der Waals surface area contributed by atoms with Gasteiger partial charge in [-0.3, -0.25) is 0 Å². The van der Waals surface area contributed by atoms with E-state index in [1.54, 1.807) is 18.2 Å². The van der Waals surface area contributed by atoms with Crippen molar-refractivity contribution in [1.29, 1.82) is 0 Å². The molecule has 0 amide bonds. The van der Waals surface area contributed by atoms with Gasteiger partial charge in [-0.15, -0.1) is 5.10 Å². The quantitative estimate of drug-likeness (QED) is 0.737. The molecule has 0 spiro atoms. The second kappa shape index (κ2) is 5.48. The van der Waals surface area contributed by atoms with Crippen LogP contribution in [0.4, 0.5) is 13.2 Å². The van der Waals surface area contributed by atoms with Gasteiger partial charge in [0.25, 0.3) is 0 Å². The Hall–Kier alpha value is -2.29. The van der Waals surface area contributed by atoms with E-state index in [0.29, 0.717) is 16.1 Å². The first-order chi connectivity index (χ1) is 10.4. The minimum absolute atomic E-state index is 0.128. The standard InChI is InChI=1S/C12H9ClF3N5O/c13-8-1-2-9-10(5-8)21(19-18-9)22-6-11-17-3-4-20(11)7-12(14,15)16/h1-5H,6-7H2. The molecule has 6 nitrogen and oxygen atoms in total. The maximum Gasteiger partial charge on any atom is 0.406 e. The van der Waals surface area contributed by atoms with Gasteiger partial charge >= 0.3 is 6.18 Å². The SMILES string of the molecule is FC(F)(F)Cn1ccnc1COn1nnc2ccc(Cl)cc21. The van der Waals surface area contributed by atoms with Crippen LogP contribution in [0.1, 0.15) is 5.82 Å². The molecule has 0 radical (unpaired) electrons. The van der Waals surface area contributed by atoms with Crippen LogP contribution in [0.3, 0.4) is 0 Å². The van der Waals surface area contributed by atoms with Gasteiger partial charge in [-0.1, -0.05) is 16.4 Å². The number of alkyl halides is 3. The molecule has 2 heterocycles. The number of rotatable bonds is 4. The lowest BCUT2D eigenvalue weighted by molar-refractivity contribution is -0.141. The van der Waals surface area contributed by atoms with Crippen LogP contribution in [0.5, 0.6) is 0 Å². The zero-order valence-corrected chi connectivity index (χ0v) is 11.7. The van der Waals surface area contributed by atoms with Gasteiger partial charge in [-0.25, -0.2) is 4.98 Å². The Morgan fingerprint density at radius 2 is 2.09 bits per heavy atom. The highest BCUT2D eigenvalue weighted by atomic mass is 35.5. The number of aromatic nitrogens is 5. The average molecular weight is 332 g/mol. The third kappa shape index (κ3) is 3.14. The molecule has 0 aliphatic heterocycles. The van der Waals surface area contributed by atoms with Crippen LogP contribution in [-0.4, -0.2) is 30.9 Å². The van der Waals surface area contributed by atoms with Gasteiger partial charge in [0.2, 0.25) is 0 Å². The summed E-state index contributed by atoms with van der Waals surface area (Å²) in [5.74, 6) is 0.128. The number of hydrogen-bond acceptors (Lipinski definition) is 4. The minimum Gasteiger partial charge on any atom is -0.387 e. The van der Waals surface area contributed by atoms with Crippen molar-refractivity contribution in [3.8, 4) is 0 Å². The van der Waals surface area contributed by atoms with E-state index in [1.807, 2.05) is 0 Å². The van der Waals surface area contributed by atoms with Crippen molar-refractivity contribution in [2.75, 3.05) is 0 Å². The Morgan fingerprint density at radius 1 is 1.27 bits per heavy atom. The van der Waals surface area contributed by atoms with E-state index in [4.69, 9.17) is 16.4 Å². The van der Waals surface area contributed by atoms with Crippen molar-refractivity contribution < 1.29 is 18.0 Å². The minimum atomic E-state index is -4.33. The summed E-state index contributed by atoms with van der Waals surface area (Å²) in [4.78, 5) is 10.3. The molecule has 0 saturated heterocycles. The van der Waals surface area contributed by atoms with Gasteiger partial charge in [0.15, 0.2) is 6.61 Å². The highest BCUT2D eigenvalue weighted by Gasteiger charge is 2.28. The molecule has 10 heteroatoms. The number of hydrogen-bond donors (Lipinski definition) is 0. The topological polar surface area (TPSA) is 57.8 Å². The summed E-state index contributed by atoms with van der Waals surface area (Å²) in [6.45, 7) is -1.32. The maximum absolute atomic E-state index is 12.4. The average Bonchev–Trinajstić information content (AvgIpc) is 3.01. The first-order valence-corrected chi connectivity index (χ1v) is 6.51. The molecule has 0 aliphatic rings. The summed E-state index contributed by atoms with van der Waals surface area (Å²) in [5, 5.41) is 8.10. The largest absolute Gasteiger partial charge is 0.406 e. The van der Waals surface area contributed by atoms with Crippen LogP contribution in [0.2, 0.25) is 5.02 Å². The number of benzene rings is 1. The van der Waals surface area contributed by atoms with E-state index in [0.717, 1.165) is 9.41 Å². The monoisotopic (exact) mass is 331 g/mol. The van der Waals surface area contributed by atoms with E-state index < -0.39 is 12.7 Å². The second-order valence-electron chi connectivity index (χ2n) is 4.46. The fraction of sp³-hybridized carbons (Fsp3) is 0.250. The summed E-state index contributed by atoms with van der Waals surface area (Å²) < 4.78 is 38.3. The number of halogens is 4. The molecule has 2 aromatic heterocycles. The smallest absolute Gasteiger partial charge is 0.387 e. The number of fused-ring (bicyclic) bond motifs is 1. The van der Waals surface area contributed by atoms with Crippen LogP contribution in [0.15, 0.2) is 30.6 Å². The molecule has 1 aromatic carbocycles. The molecular formula is C12H9ClF3N5O. The summed E-state index contributed by atoms with van der Waals surface area (Å²) in [5.41, 5.74) is 1.07. The normalized spacial score (nSPS) is 12.0. The first kappa shape index (κ1) is 14.6. The van der Waals surface area contributed by atoms with E-state index in [2.05, 4.69) is 15.3 Å². The molecule has 0 aliphatic carbocycles. The van der Waals surface area contributed by atoms with Crippen molar-refractivity contribution in [1.82, 2.24) is 24.7 Å². The van der Waals surface area contributed by atoms with Gasteiger partial charge in [0.1, 0.15) is 23.4 Å². The van der Waals surface area contributed by atoms with Gasteiger partial charge in [0, 0.05) is 17.4 Å². The summed E-state index contributed by atoms with van der Waals surface area (Å²) in [6, 6.07) is 4.91. The van der Waals surface area contributed by atoms with Gasteiger partial charge in [0.05, 0.1) is 0 Å². The summed E-state index contributed by atoms with van der Waals surface area (Å²) >= 11 is 5.88. The third-order valence-corrected chi connectivity index (χ3v) is 3.08. The third-order valence-electron chi connectivity index (χ3n) is 2.84. The van der Waals surface area contributed by atoms with Crippen LogP contribution >= 0.6 is 11.6 Å². The number of nitrogens with zero attached hydrogens (tertiary/aromatic N) is 5. The lowest BCUT2D eigenvalue weighted by Gasteiger charge is -2.11. The van der Waals surface area contributed by atoms with Crippen molar-refractivity contribution in [2.45, 2.75) is 19.3 Å². The van der Waals surface area contributed by atoms with Crippen molar-refractivity contribution >= 4 is 22.6 Å². The summed E-state index contributed by atoms with van der Waals surface area (Å²) in [7, 11) is 0. The molecule has 22 heavy (non-hydrogen) atoms. The van der Waals surface area contributed by atoms with E-state index in [1.165, 1.54) is 12.4 Å². The van der Waals surface area contributed by atoms with Gasteiger partial charge in [-0.05, 0) is 23.4 Å². The Bertz CT molecular complexity index is 798. The van der Waals surface area contributed by atoms with E-state index >= 15 is 0 Å². The fourth-order valence-electron chi connectivity index (χ4n) is 1.90. The molecule has 0 bridgehead atoms. The van der Waals surface area contributed by atoms with Crippen LogP contribution in [0.25, 0.3) is 11.0 Å². The van der Waals surface area contributed by atoms with Crippen LogP contribution in [0, 0.1) is 0 Å². The van der Waals surface area contributed by atoms with Crippen molar-refractivity contribution in [3.63, 3.8) is 0 Å². The number of imidazole rings is 1. The Morgan fingerprint density at radius 3 is 2.86 bits per heavy atom. The molecule has 0 unspecified atom stereocenters. The maximum atomic E-state index is 12.4. The zero-order valence-electron chi connectivity index (χ0n) is 11.0. The molecule has 3 rings (SSSR count). The first-order valence-electron chi connectivity index (χ1n) is 6.13. The Kier molecular flexibility index (Phi) is 3.65. The Labute approximate surface area is 127 Å². The molecular weight excluding hydrogens is 323 g/mol. The lowest BCUT2D eigenvalue weighted by Crippen LogP contribution is -2.21. The van der Waals surface area contributed by atoms with Gasteiger partial charge < -0.3 is 9.40 Å². The zero-order chi connectivity index (χ0) is 15.7. The molecule has 3 aromatic rings. The molecule has 0 fully saturated rings. The predicted molar refractivity (Wildman–Crippen MR) is 71.1 cm³/mol. The van der Waals surface area contributed by atoms with E-state index in [9.17, 15) is 13.2 Å². The lowest BCUT2D eigenvalue weighted by atomic mass is 10.3. The molecule has 0 saturated carbocycles. The van der Waals surface area contributed by atoms with Crippen LogP contribution in [-0.2, 0) is 13.2 Å². The molecule has 0 N–H and O–H groups in total. The van der Waals surface area contributed by atoms with Crippen molar-refractivity contribution in [2.24, 2.45) is 0 Å². The molecule has 116 valence electrons. The fourth-order valence-corrected chi connectivity index (χ4v) is 2.07. The van der Waals surface area contributed by atoms with Crippen LogP contribution < -0.4 is 4.84 Å². The highest BCUT2D eigenvalue weighted by molar-refractivity contribution is 6.31. The predicted octanol–water partition coefficient (Wildman–Crippen LogP) is 2.47. The van der Waals surface area contributed by atoms with Gasteiger partial charge in [-0.2, -0.15) is 13.2 Å². The Balaban J connectivity index is 1.77. The summed E-state index contributed by atoms with van der Waals surface area (Å²) in [6.07, 6.45) is -1.81. The molecule has 0 atom stereocenters. The van der Waals surface area contributed by atoms with Crippen molar-refractivity contribution in [3.05, 3.63) is 41.4 Å². The highest BCUT2D eigenvalue weighted by Crippen LogP contribution is 2.19. The van der Waals surface area contributed by atoms with E-state index in [-0.39, 0.29) is 12.4 Å². The second-order valence-corrected chi connectivity index (χ2v) is 4.89.